The number of rotatable bonds is 9. The predicted molar refractivity (Wildman–Crippen MR) is 129 cm³/mol. The summed E-state index contributed by atoms with van der Waals surface area (Å²) in [5, 5.41) is 0. The van der Waals surface area contributed by atoms with Gasteiger partial charge in [-0.15, -0.1) is 0 Å². The number of anilines is 1. The molecule has 158 valence electrons. The standard InChI is InChI=1S/C24H27NO3S2/c1-4-5-6-7-13-28-20-12-11-18(15-21(20)27-3)16-22-23(26)25(24(29)30-22)19-10-8-9-17(2)14-19/h8-12,14-16H,4-7,13H2,1-3H3/b22-16-. The second-order valence-electron chi connectivity index (χ2n) is 7.18. The van der Waals surface area contributed by atoms with E-state index in [1.54, 1.807) is 12.0 Å². The smallest absolute Gasteiger partial charge is 0.270 e. The fraction of sp³-hybridized carbons (Fsp3) is 0.333. The average Bonchev–Trinajstić information content (AvgIpc) is 3.01. The molecule has 0 saturated carbocycles. The van der Waals surface area contributed by atoms with Crippen LogP contribution in [-0.2, 0) is 4.79 Å². The minimum absolute atomic E-state index is 0.106. The largest absolute Gasteiger partial charge is 0.493 e. The number of aryl methyl sites for hydroxylation is 1. The summed E-state index contributed by atoms with van der Waals surface area (Å²) < 4.78 is 11.9. The summed E-state index contributed by atoms with van der Waals surface area (Å²) in [4.78, 5) is 15.2. The maximum Gasteiger partial charge on any atom is 0.270 e. The second kappa shape index (κ2) is 10.6. The van der Waals surface area contributed by atoms with Crippen molar-refractivity contribution in [2.45, 2.75) is 39.5 Å². The van der Waals surface area contributed by atoms with Crippen LogP contribution in [0.2, 0.25) is 0 Å². The third-order valence-corrected chi connectivity index (χ3v) is 6.10. The van der Waals surface area contributed by atoms with Crippen molar-refractivity contribution in [2.24, 2.45) is 0 Å². The number of thiocarbonyl (C=S) groups is 1. The first-order valence-corrected chi connectivity index (χ1v) is 11.4. The third kappa shape index (κ3) is 5.43. The number of thioether (sulfide) groups is 1. The first kappa shape index (κ1) is 22.4. The Kier molecular flexibility index (Phi) is 7.94. The normalized spacial score (nSPS) is 15.2. The van der Waals surface area contributed by atoms with Crippen LogP contribution >= 0.6 is 24.0 Å². The highest BCUT2D eigenvalue weighted by atomic mass is 32.2. The topological polar surface area (TPSA) is 38.8 Å². The van der Waals surface area contributed by atoms with Gasteiger partial charge in [0.1, 0.15) is 0 Å². The summed E-state index contributed by atoms with van der Waals surface area (Å²) in [6, 6.07) is 13.5. The summed E-state index contributed by atoms with van der Waals surface area (Å²) in [6.07, 6.45) is 6.47. The first-order valence-electron chi connectivity index (χ1n) is 10.2. The van der Waals surface area contributed by atoms with Gasteiger partial charge in [-0.3, -0.25) is 9.69 Å². The van der Waals surface area contributed by atoms with Gasteiger partial charge < -0.3 is 9.47 Å². The monoisotopic (exact) mass is 441 g/mol. The van der Waals surface area contributed by atoms with E-state index in [9.17, 15) is 4.79 Å². The van der Waals surface area contributed by atoms with E-state index in [1.807, 2.05) is 55.5 Å². The van der Waals surface area contributed by atoms with Crippen molar-refractivity contribution in [3.8, 4) is 11.5 Å². The molecule has 0 aliphatic carbocycles. The van der Waals surface area contributed by atoms with Crippen LogP contribution in [0.15, 0.2) is 47.4 Å². The Morgan fingerprint density at radius 3 is 2.67 bits per heavy atom. The fourth-order valence-corrected chi connectivity index (χ4v) is 4.51. The Balaban J connectivity index is 1.74. The molecule has 3 rings (SSSR count). The molecule has 0 radical (unpaired) electrons. The van der Waals surface area contributed by atoms with Gasteiger partial charge in [-0.2, -0.15) is 0 Å². The molecule has 2 aromatic carbocycles. The van der Waals surface area contributed by atoms with E-state index in [2.05, 4.69) is 6.92 Å². The molecule has 2 aromatic rings. The van der Waals surface area contributed by atoms with Crippen molar-refractivity contribution in [3.63, 3.8) is 0 Å². The highest BCUT2D eigenvalue weighted by Gasteiger charge is 2.33. The Morgan fingerprint density at radius 1 is 1.10 bits per heavy atom. The Bertz CT molecular complexity index is 955. The summed E-state index contributed by atoms with van der Waals surface area (Å²) in [5.74, 6) is 1.28. The molecule has 6 heteroatoms. The quantitative estimate of drug-likeness (QED) is 0.257. The van der Waals surface area contributed by atoms with Crippen LogP contribution in [0.3, 0.4) is 0 Å². The van der Waals surface area contributed by atoms with Gasteiger partial charge >= 0.3 is 0 Å². The number of benzene rings is 2. The molecule has 1 heterocycles. The van der Waals surface area contributed by atoms with Crippen molar-refractivity contribution in [2.75, 3.05) is 18.6 Å². The van der Waals surface area contributed by atoms with Gasteiger partial charge in [-0.05, 0) is 54.8 Å². The van der Waals surface area contributed by atoms with Crippen LogP contribution < -0.4 is 14.4 Å². The average molecular weight is 442 g/mol. The molecule has 0 unspecified atom stereocenters. The van der Waals surface area contributed by atoms with Crippen molar-refractivity contribution in [1.82, 2.24) is 0 Å². The first-order chi connectivity index (χ1) is 14.5. The molecule has 4 nitrogen and oxygen atoms in total. The van der Waals surface area contributed by atoms with Crippen molar-refractivity contribution in [3.05, 3.63) is 58.5 Å². The molecule has 1 fully saturated rings. The van der Waals surface area contributed by atoms with Crippen LogP contribution in [-0.4, -0.2) is 23.9 Å². The zero-order valence-electron chi connectivity index (χ0n) is 17.6. The van der Waals surface area contributed by atoms with E-state index in [-0.39, 0.29) is 5.91 Å². The lowest BCUT2D eigenvalue weighted by Gasteiger charge is -2.14. The number of ether oxygens (including phenoxy) is 2. The summed E-state index contributed by atoms with van der Waals surface area (Å²) in [5.41, 5.74) is 2.75. The number of hydrogen-bond donors (Lipinski definition) is 0. The van der Waals surface area contributed by atoms with Crippen molar-refractivity contribution >= 4 is 46.0 Å². The lowest BCUT2D eigenvalue weighted by atomic mass is 10.1. The van der Waals surface area contributed by atoms with Gasteiger partial charge in [0.2, 0.25) is 0 Å². The van der Waals surface area contributed by atoms with Gasteiger partial charge in [-0.1, -0.05) is 68.4 Å². The zero-order chi connectivity index (χ0) is 21.5. The van der Waals surface area contributed by atoms with Crippen LogP contribution in [0.4, 0.5) is 5.69 Å². The van der Waals surface area contributed by atoms with E-state index in [4.69, 9.17) is 21.7 Å². The Morgan fingerprint density at radius 2 is 1.93 bits per heavy atom. The lowest BCUT2D eigenvalue weighted by molar-refractivity contribution is -0.113. The molecule has 1 aliphatic rings. The minimum Gasteiger partial charge on any atom is -0.493 e. The lowest BCUT2D eigenvalue weighted by Crippen LogP contribution is -2.27. The SMILES string of the molecule is CCCCCCOc1ccc(/C=C2\SC(=S)N(c3cccc(C)c3)C2=O)cc1OC. The van der Waals surface area contributed by atoms with Crippen LogP contribution in [0.25, 0.3) is 6.08 Å². The fourth-order valence-electron chi connectivity index (χ4n) is 3.21. The molecular formula is C24H27NO3S2. The zero-order valence-corrected chi connectivity index (χ0v) is 19.3. The molecule has 0 N–H and O–H groups in total. The maximum absolute atomic E-state index is 13.0. The van der Waals surface area contributed by atoms with Gasteiger partial charge in [0.25, 0.3) is 5.91 Å². The van der Waals surface area contributed by atoms with E-state index < -0.39 is 0 Å². The van der Waals surface area contributed by atoms with Gasteiger partial charge in [0.15, 0.2) is 15.8 Å². The molecule has 0 aromatic heterocycles. The summed E-state index contributed by atoms with van der Waals surface area (Å²) in [6.45, 7) is 4.86. The number of carbonyl (C=O) groups excluding carboxylic acids is 1. The van der Waals surface area contributed by atoms with E-state index in [0.29, 0.717) is 21.6 Å². The van der Waals surface area contributed by atoms with Crippen molar-refractivity contribution < 1.29 is 14.3 Å². The molecule has 0 atom stereocenters. The predicted octanol–water partition coefficient (Wildman–Crippen LogP) is 6.37. The van der Waals surface area contributed by atoms with Gasteiger partial charge in [0, 0.05) is 0 Å². The molecule has 1 saturated heterocycles. The Hall–Kier alpha value is -2.31. The number of unbranched alkanes of at least 4 members (excludes halogenated alkanes) is 3. The van der Waals surface area contributed by atoms with Crippen molar-refractivity contribution in [1.29, 1.82) is 0 Å². The van der Waals surface area contributed by atoms with E-state index in [0.717, 1.165) is 29.0 Å². The van der Waals surface area contributed by atoms with Gasteiger partial charge in [0.05, 0.1) is 24.3 Å². The minimum atomic E-state index is -0.106. The molecular weight excluding hydrogens is 414 g/mol. The number of amides is 1. The number of carbonyl (C=O) groups is 1. The van der Waals surface area contributed by atoms with Gasteiger partial charge in [-0.25, -0.2) is 0 Å². The number of methoxy groups -OCH3 is 1. The Labute approximate surface area is 188 Å². The third-order valence-electron chi connectivity index (χ3n) is 4.79. The summed E-state index contributed by atoms with van der Waals surface area (Å²) in [7, 11) is 1.63. The van der Waals surface area contributed by atoms with Crippen LogP contribution in [0, 0.1) is 6.92 Å². The van der Waals surface area contributed by atoms with E-state index in [1.165, 1.54) is 31.0 Å². The number of nitrogens with zero attached hydrogens (tertiary/aromatic N) is 1. The molecule has 1 aliphatic heterocycles. The van der Waals surface area contributed by atoms with Crippen LogP contribution in [0.5, 0.6) is 11.5 Å². The summed E-state index contributed by atoms with van der Waals surface area (Å²) >= 11 is 6.78. The van der Waals surface area contributed by atoms with E-state index >= 15 is 0 Å². The maximum atomic E-state index is 13.0. The highest BCUT2D eigenvalue weighted by Crippen LogP contribution is 2.37. The molecule has 30 heavy (non-hydrogen) atoms. The second-order valence-corrected chi connectivity index (χ2v) is 8.85. The molecule has 0 spiro atoms. The number of hydrogen-bond acceptors (Lipinski definition) is 5. The highest BCUT2D eigenvalue weighted by molar-refractivity contribution is 8.27. The van der Waals surface area contributed by atoms with Crippen LogP contribution in [0.1, 0.15) is 43.7 Å². The molecule has 1 amide bonds. The molecule has 0 bridgehead atoms.